The molecule has 1 saturated carbocycles. The van der Waals surface area contributed by atoms with E-state index in [1.807, 2.05) is 60.7 Å². The molecule has 30 heavy (non-hydrogen) atoms. The molecule has 0 heterocycles. The number of benzene rings is 2. The average Bonchev–Trinajstić information content (AvgIpc) is 2.78. The van der Waals surface area contributed by atoms with Crippen LogP contribution in [0.3, 0.4) is 0 Å². The lowest BCUT2D eigenvalue weighted by Gasteiger charge is -2.31. The first-order valence-corrected chi connectivity index (χ1v) is 11.3. The SMILES string of the molecule is CCC(C(=O)NC1CCC(NC(=O)C(CC)c2ccccc2)CC1)c1ccccc1. The van der Waals surface area contributed by atoms with Crippen LogP contribution in [0.4, 0.5) is 0 Å². The van der Waals surface area contributed by atoms with Crippen molar-refractivity contribution in [1.29, 1.82) is 0 Å². The van der Waals surface area contributed by atoms with Crippen LogP contribution < -0.4 is 10.6 Å². The van der Waals surface area contributed by atoms with Crippen LogP contribution in [0.5, 0.6) is 0 Å². The fourth-order valence-corrected chi connectivity index (χ4v) is 4.50. The maximum absolute atomic E-state index is 12.8. The van der Waals surface area contributed by atoms with E-state index in [0.717, 1.165) is 49.7 Å². The van der Waals surface area contributed by atoms with Gasteiger partial charge in [0.1, 0.15) is 0 Å². The number of hydrogen-bond donors (Lipinski definition) is 2. The second-order valence-electron chi connectivity index (χ2n) is 8.31. The Morgan fingerprint density at radius 2 is 1.03 bits per heavy atom. The summed E-state index contributed by atoms with van der Waals surface area (Å²) in [5.74, 6) is 0.0391. The van der Waals surface area contributed by atoms with Crippen molar-refractivity contribution in [2.24, 2.45) is 0 Å². The van der Waals surface area contributed by atoms with Crippen molar-refractivity contribution < 1.29 is 9.59 Å². The number of nitrogens with one attached hydrogen (secondary N) is 2. The summed E-state index contributed by atoms with van der Waals surface area (Å²) in [6, 6.07) is 20.4. The molecule has 2 N–H and O–H groups in total. The van der Waals surface area contributed by atoms with Crippen LogP contribution in [-0.2, 0) is 9.59 Å². The van der Waals surface area contributed by atoms with Crippen molar-refractivity contribution in [2.45, 2.75) is 76.3 Å². The molecule has 4 nitrogen and oxygen atoms in total. The molecule has 1 fully saturated rings. The molecule has 2 atom stereocenters. The van der Waals surface area contributed by atoms with Crippen LogP contribution in [0.15, 0.2) is 60.7 Å². The lowest BCUT2D eigenvalue weighted by atomic mass is 9.88. The zero-order chi connectivity index (χ0) is 21.3. The molecule has 0 radical (unpaired) electrons. The molecule has 0 bridgehead atoms. The molecule has 1 aliphatic carbocycles. The predicted octanol–water partition coefficient (Wildman–Crippen LogP) is 4.92. The van der Waals surface area contributed by atoms with E-state index < -0.39 is 0 Å². The molecule has 2 aromatic rings. The standard InChI is InChI=1S/C26H34N2O2/c1-3-23(19-11-7-5-8-12-19)25(29)27-21-15-17-22(18-16-21)28-26(30)24(4-2)20-13-9-6-10-14-20/h5-14,21-24H,3-4,15-18H2,1-2H3,(H,27,29)(H,28,30). The van der Waals surface area contributed by atoms with E-state index in [-0.39, 0.29) is 35.7 Å². The van der Waals surface area contributed by atoms with Gasteiger partial charge in [0.15, 0.2) is 0 Å². The summed E-state index contributed by atoms with van der Waals surface area (Å²) in [4.78, 5) is 25.6. The molecule has 2 aromatic carbocycles. The maximum atomic E-state index is 12.8. The van der Waals surface area contributed by atoms with Gasteiger partial charge in [0.05, 0.1) is 11.8 Å². The van der Waals surface area contributed by atoms with E-state index in [4.69, 9.17) is 0 Å². The van der Waals surface area contributed by atoms with Crippen LogP contribution in [-0.4, -0.2) is 23.9 Å². The molecular formula is C26H34N2O2. The highest BCUT2D eigenvalue weighted by atomic mass is 16.2. The Morgan fingerprint density at radius 3 is 1.33 bits per heavy atom. The second-order valence-corrected chi connectivity index (χ2v) is 8.31. The molecular weight excluding hydrogens is 372 g/mol. The average molecular weight is 407 g/mol. The Labute approximate surface area is 180 Å². The van der Waals surface area contributed by atoms with E-state index in [0.29, 0.717) is 0 Å². The third-order valence-electron chi connectivity index (χ3n) is 6.27. The van der Waals surface area contributed by atoms with Gasteiger partial charge in [-0.15, -0.1) is 0 Å². The fraction of sp³-hybridized carbons (Fsp3) is 0.462. The molecule has 0 spiro atoms. The normalized spacial score (nSPS) is 20.7. The van der Waals surface area contributed by atoms with E-state index in [9.17, 15) is 9.59 Å². The number of carbonyl (C=O) groups is 2. The van der Waals surface area contributed by atoms with Crippen molar-refractivity contribution >= 4 is 11.8 Å². The number of amides is 2. The highest BCUT2D eigenvalue weighted by Crippen LogP contribution is 2.25. The first-order chi connectivity index (χ1) is 14.6. The molecule has 1 aliphatic rings. The quantitative estimate of drug-likeness (QED) is 0.654. The van der Waals surface area contributed by atoms with Crippen molar-refractivity contribution in [3.8, 4) is 0 Å². The third-order valence-corrected chi connectivity index (χ3v) is 6.27. The zero-order valence-electron chi connectivity index (χ0n) is 18.1. The van der Waals surface area contributed by atoms with E-state index in [1.165, 1.54) is 0 Å². The van der Waals surface area contributed by atoms with Gasteiger partial charge in [0.2, 0.25) is 11.8 Å². The monoisotopic (exact) mass is 406 g/mol. The van der Waals surface area contributed by atoms with Crippen molar-refractivity contribution in [3.05, 3.63) is 71.8 Å². The lowest BCUT2D eigenvalue weighted by molar-refractivity contribution is -0.125. The van der Waals surface area contributed by atoms with Gasteiger partial charge in [0.25, 0.3) is 0 Å². The van der Waals surface area contributed by atoms with Gasteiger partial charge >= 0.3 is 0 Å². The third kappa shape index (κ3) is 5.71. The molecule has 0 aliphatic heterocycles. The Hall–Kier alpha value is -2.62. The van der Waals surface area contributed by atoms with E-state index >= 15 is 0 Å². The highest BCUT2D eigenvalue weighted by Gasteiger charge is 2.28. The summed E-state index contributed by atoms with van der Waals surface area (Å²) in [6.45, 7) is 4.11. The zero-order valence-corrected chi connectivity index (χ0v) is 18.1. The van der Waals surface area contributed by atoms with Crippen molar-refractivity contribution in [3.63, 3.8) is 0 Å². The van der Waals surface area contributed by atoms with Crippen LogP contribution in [0.25, 0.3) is 0 Å². The molecule has 2 unspecified atom stereocenters. The molecule has 2 amide bonds. The Balaban J connectivity index is 1.48. The smallest absolute Gasteiger partial charge is 0.227 e. The molecule has 0 aromatic heterocycles. The van der Waals surface area contributed by atoms with Gasteiger partial charge in [-0.05, 0) is 49.7 Å². The van der Waals surface area contributed by atoms with Gasteiger partial charge < -0.3 is 10.6 Å². The first kappa shape index (κ1) is 22.1. The predicted molar refractivity (Wildman–Crippen MR) is 121 cm³/mol. The minimum absolute atomic E-state index is 0.0974. The summed E-state index contributed by atoms with van der Waals surface area (Å²) in [6.07, 6.45) is 5.21. The summed E-state index contributed by atoms with van der Waals surface area (Å²) in [7, 11) is 0. The lowest BCUT2D eigenvalue weighted by Crippen LogP contribution is -2.45. The van der Waals surface area contributed by atoms with E-state index in [1.54, 1.807) is 0 Å². The van der Waals surface area contributed by atoms with E-state index in [2.05, 4.69) is 24.5 Å². The minimum Gasteiger partial charge on any atom is -0.353 e. The van der Waals surface area contributed by atoms with Gasteiger partial charge in [-0.3, -0.25) is 9.59 Å². The number of carbonyl (C=O) groups excluding carboxylic acids is 2. The van der Waals surface area contributed by atoms with Gasteiger partial charge in [-0.25, -0.2) is 0 Å². The number of rotatable bonds is 8. The summed E-state index contributed by atoms with van der Waals surface area (Å²) in [5, 5.41) is 6.50. The Morgan fingerprint density at radius 1 is 0.700 bits per heavy atom. The van der Waals surface area contributed by atoms with Gasteiger partial charge in [-0.1, -0.05) is 74.5 Å². The Kier molecular flexibility index (Phi) is 8.06. The fourth-order valence-electron chi connectivity index (χ4n) is 4.50. The van der Waals surface area contributed by atoms with Crippen LogP contribution in [0.1, 0.15) is 75.3 Å². The Bertz CT molecular complexity index is 729. The minimum atomic E-state index is -0.0974. The van der Waals surface area contributed by atoms with Crippen LogP contribution in [0, 0.1) is 0 Å². The summed E-state index contributed by atoms with van der Waals surface area (Å²) < 4.78 is 0. The molecule has 0 saturated heterocycles. The van der Waals surface area contributed by atoms with Crippen LogP contribution >= 0.6 is 0 Å². The highest BCUT2D eigenvalue weighted by molar-refractivity contribution is 5.84. The number of hydrogen-bond acceptors (Lipinski definition) is 2. The van der Waals surface area contributed by atoms with Crippen molar-refractivity contribution in [2.75, 3.05) is 0 Å². The topological polar surface area (TPSA) is 58.2 Å². The largest absolute Gasteiger partial charge is 0.353 e. The van der Waals surface area contributed by atoms with Crippen molar-refractivity contribution in [1.82, 2.24) is 10.6 Å². The van der Waals surface area contributed by atoms with Gasteiger partial charge in [0, 0.05) is 12.1 Å². The molecule has 160 valence electrons. The molecule has 3 rings (SSSR count). The molecule has 4 heteroatoms. The van der Waals surface area contributed by atoms with Gasteiger partial charge in [-0.2, -0.15) is 0 Å². The van der Waals surface area contributed by atoms with Crippen LogP contribution in [0.2, 0.25) is 0 Å². The second kappa shape index (κ2) is 11.0. The maximum Gasteiger partial charge on any atom is 0.227 e. The first-order valence-electron chi connectivity index (χ1n) is 11.3. The summed E-state index contributed by atoms with van der Waals surface area (Å²) in [5.41, 5.74) is 2.15. The summed E-state index contributed by atoms with van der Waals surface area (Å²) >= 11 is 0.